The van der Waals surface area contributed by atoms with Crippen LogP contribution in [0.15, 0.2) is 0 Å². The second-order valence-electron chi connectivity index (χ2n) is 4.29. The highest BCUT2D eigenvalue weighted by atomic mass is 19.4. The first kappa shape index (κ1) is 13.7. The summed E-state index contributed by atoms with van der Waals surface area (Å²) in [5.74, 6) is 0. The van der Waals surface area contributed by atoms with Crippen molar-refractivity contribution in [2.24, 2.45) is 5.41 Å². The van der Waals surface area contributed by atoms with Gasteiger partial charge in [0, 0.05) is 18.6 Å². The third kappa shape index (κ3) is 4.67. The molecule has 1 rings (SSSR count). The molecule has 0 radical (unpaired) electrons. The Labute approximate surface area is 93.3 Å². The lowest BCUT2D eigenvalue weighted by molar-refractivity contribution is -0.185. The molecule has 1 N–H and O–H groups in total. The minimum Gasteiger partial charge on any atom is -0.381 e. The van der Waals surface area contributed by atoms with Gasteiger partial charge in [0.25, 0.3) is 0 Å². The van der Waals surface area contributed by atoms with Crippen molar-refractivity contribution in [3.05, 3.63) is 0 Å². The number of halogens is 3. The molecule has 96 valence electrons. The molecule has 0 bridgehead atoms. The fraction of sp³-hybridized carbons (Fsp3) is 1.00. The van der Waals surface area contributed by atoms with E-state index in [4.69, 9.17) is 9.47 Å². The van der Waals surface area contributed by atoms with E-state index in [-0.39, 0.29) is 12.0 Å². The standard InChI is InChI=1S/C10H18F3NO2/c1-14-5-9(3-2-4-15-6-9)7-16-8-10(11,12)13/h14H,2-8H2,1H3. The van der Waals surface area contributed by atoms with Gasteiger partial charge in [-0.05, 0) is 19.9 Å². The summed E-state index contributed by atoms with van der Waals surface area (Å²) in [5, 5.41) is 2.98. The lowest BCUT2D eigenvalue weighted by atomic mass is 9.83. The van der Waals surface area contributed by atoms with E-state index in [0.29, 0.717) is 19.8 Å². The second kappa shape index (κ2) is 5.84. The Bertz CT molecular complexity index is 197. The molecule has 6 heteroatoms. The summed E-state index contributed by atoms with van der Waals surface area (Å²) in [6.07, 6.45) is -2.54. The van der Waals surface area contributed by atoms with Crippen LogP contribution in [-0.2, 0) is 9.47 Å². The van der Waals surface area contributed by atoms with Crippen LogP contribution in [0.4, 0.5) is 13.2 Å². The molecule has 0 spiro atoms. The summed E-state index contributed by atoms with van der Waals surface area (Å²) < 4.78 is 45.9. The zero-order valence-corrected chi connectivity index (χ0v) is 9.40. The van der Waals surface area contributed by atoms with E-state index in [1.807, 2.05) is 0 Å². The maximum absolute atomic E-state index is 11.9. The summed E-state index contributed by atoms with van der Waals surface area (Å²) in [4.78, 5) is 0. The molecule has 1 aliphatic heterocycles. The van der Waals surface area contributed by atoms with Gasteiger partial charge in [0.05, 0.1) is 13.2 Å². The molecule has 0 aromatic rings. The number of hydrogen-bond donors (Lipinski definition) is 1. The Morgan fingerprint density at radius 3 is 2.69 bits per heavy atom. The zero-order chi connectivity index (χ0) is 12.1. The molecule has 1 heterocycles. The van der Waals surface area contributed by atoms with E-state index in [9.17, 15) is 13.2 Å². The fourth-order valence-corrected chi connectivity index (χ4v) is 1.97. The van der Waals surface area contributed by atoms with Gasteiger partial charge in [-0.25, -0.2) is 0 Å². The largest absolute Gasteiger partial charge is 0.411 e. The predicted octanol–water partition coefficient (Wildman–Crippen LogP) is 1.58. The van der Waals surface area contributed by atoms with Gasteiger partial charge in [-0.2, -0.15) is 13.2 Å². The third-order valence-corrected chi connectivity index (χ3v) is 2.63. The molecular formula is C10H18F3NO2. The highest BCUT2D eigenvalue weighted by molar-refractivity contribution is 4.83. The Hall–Kier alpha value is -0.330. The summed E-state index contributed by atoms with van der Waals surface area (Å²) in [6.45, 7) is 0.674. The molecule has 0 aromatic carbocycles. The van der Waals surface area contributed by atoms with E-state index in [1.165, 1.54) is 0 Å². The third-order valence-electron chi connectivity index (χ3n) is 2.63. The minimum absolute atomic E-state index is 0.0906. The average molecular weight is 241 g/mol. The van der Waals surface area contributed by atoms with Crippen LogP contribution in [0.25, 0.3) is 0 Å². The van der Waals surface area contributed by atoms with Gasteiger partial charge in [0.2, 0.25) is 0 Å². The maximum Gasteiger partial charge on any atom is 0.411 e. The van der Waals surface area contributed by atoms with Crippen LogP contribution in [0.1, 0.15) is 12.8 Å². The molecule has 3 nitrogen and oxygen atoms in total. The van der Waals surface area contributed by atoms with Crippen molar-refractivity contribution < 1.29 is 22.6 Å². The fourth-order valence-electron chi connectivity index (χ4n) is 1.97. The van der Waals surface area contributed by atoms with Crippen LogP contribution in [0.3, 0.4) is 0 Å². The SMILES string of the molecule is CNCC1(COCC(F)(F)F)CCCOC1. The topological polar surface area (TPSA) is 30.5 Å². The smallest absolute Gasteiger partial charge is 0.381 e. The van der Waals surface area contributed by atoms with Crippen LogP contribution in [0.5, 0.6) is 0 Å². The Morgan fingerprint density at radius 1 is 1.44 bits per heavy atom. The van der Waals surface area contributed by atoms with E-state index < -0.39 is 12.8 Å². The summed E-state index contributed by atoms with van der Waals surface area (Å²) in [6, 6.07) is 0. The Balaban J connectivity index is 2.38. The molecule has 1 saturated heterocycles. The van der Waals surface area contributed by atoms with E-state index in [0.717, 1.165) is 12.8 Å². The van der Waals surface area contributed by atoms with Crippen molar-refractivity contribution in [2.75, 3.05) is 40.0 Å². The molecule has 0 saturated carbocycles. The molecular weight excluding hydrogens is 223 g/mol. The molecule has 16 heavy (non-hydrogen) atoms. The van der Waals surface area contributed by atoms with Crippen molar-refractivity contribution in [3.8, 4) is 0 Å². The van der Waals surface area contributed by atoms with Gasteiger partial charge in [-0.15, -0.1) is 0 Å². The Morgan fingerprint density at radius 2 is 2.19 bits per heavy atom. The van der Waals surface area contributed by atoms with Crippen LogP contribution in [0.2, 0.25) is 0 Å². The summed E-state index contributed by atoms with van der Waals surface area (Å²) in [7, 11) is 1.78. The van der Waals surface area contributed by atoms with Crippen LogP contribution in [-0.4, -0.2) is 46.2 Å². The number of alkyl halides is 3. The van der Waals surface area contributed by atoms with E-state index in [2.05, 4.69) is 5.32 Å². The highest BCUT2D eigenvalue weighted by Gasteiger charge is 2.35. The van der Waals surface area contributed by atoms with Crippen molar-refractivity contribution in [1.82, 2.24) is 5.32 Å². The number of rotatable bonds is 5. The Kier molecular flexibility index (Phi) is 5.01. The highest BCUT2D eigenvalue weighted by Crippen LogP contribution is 2.29. The summed E-state index contributed by atoms with van der Waals surface area (Å²) in [5.41, 5.74) is -0.307. The lowest BCUT2D eigenvalue weighted by Crippen LogP contribution is -2.44. The second-order valence-corrected chi connectivity index (χ2v) is 4.29. The quantitative estimate of drug-likeness (QED) is 0.792. The zero-order valence-electron chi connectivity index (χ0n) is 9.40. The van der Waals surface area contributed by atoms with Gasteiger partial charge >= 0.3 is 6.18 Å². The first-order valence-electron chi connectivity index (χ1n) is 5.34. The monoisotopic (exact) mass is 241 g/mol. The van der Waals surface area contributed by atoms with Gasteiger partial charge in [-0.1, -0.05) is 0 Å². The van der Waals surface area contributed by atoms with E-state index >= 15 is 0 Å². The molecule has 1 aliphatic rings. The van der Waals surface area contributed by atoms with Gasteiger partial charge in [0.15, 0.2) is 0 Å². The summed E-state index contributed by atoms with van der Waals surface area (Å²) >= 11 is 0. The maximum atomic E-state index is 11.9. The predicted molar refractivity (Wildman–Crippen MR) is 53.3 cm³/mol. The van der Waals surface area contributed by atoms with Crippen molar-refractivity contribution >= 4 is 0 Å². The van der Waals surface area contributed by atoms with Crippen molar-refractivity contribution in [2.45, 2.75) is 19.0 Å². The van der Waals surface area contributed by atoms with Gasteiger partial charge in [0.1, 0.15) is 6.61 Å². The number of nitrogens with one attached hydrogen (secondary N) is 1. The first-order valence-corrected chi connectivity index (χ1v) is 5.34. The first-order chi connectivity index (χ1) is 7.47. The normalized spacial score (nSPS) is 27.0. The molecule has 0 aliphatic carbocycles. The van der Waals surface area contributed by atoms with Crippen LogP contribution in [0, 0.1) is 5.41 Å². The average Bonchev–Trinajstić information content (AvgIpc) is 2.17. The molecule has 1 atom stereocenters. The van der Waals surface area contributed by atoms with Crippen molar-refractivity contribution in [3.63, 3.8) is 0 Å². The molecule has 0 aromatic heterocycles. The molecule has 1 unspecified atom stereocenters. The number of ether oxygens (including phenoxy) is 2. The number of hydrogen-bond acceptors (Lipinski definition) is 3. The van der Waals surface area contributed by atoms with Gasteiger partial charge < -0.3 is 14.8 Å². The van der Waals surface area contributed by atoms with Crippen LogP contribution >= 0.6 is 0 Å². The molecule has 0 amide bonds. The lowest BCUT2D eigenvalue weighted by Gasteiger charge is -2.36. The van der Waals surface area contributed by atoms with Crippen molar-refractivity contribution in [1.29, 1.82) is 0 Å². The minimum atomic E-state index is -4.25. The van der Waals surface area contributed by atoms with Crippen LogP contribution < -0.4 is 5.32 Å². The van der Waals surface area contributed by atoms with E-state index in [1.54, 1.807) is 7.05 Å². The van der Waals surface area contributed by atoms with Gasteiger partial charge in [-0.3, -0.25) is 0 Å². The molecule has 1 fully saturated rings.